The van der Waals surface area contributed by atoms with Crippen molar-refractivity contribution in [1.82, 2.24) is 5.32 Å². The van der Waals surface area contributed by atoms with Crippen molar-refractivity contribution in [2.24, 2.45) is 0 Å². The minimum Gasteiger partial charge on any atom is -0.491 e. The lowest BCUT2D eigenvalue weighted by atomic mass is 10.0. The summed E-state index contributed by atoms with van der Waals surface area (Å²) >= 11 is 0. The van der Waals surface area contributed by atoms with Gasteiger partial charge >= 0.3 is 0 Å². The second kappa shape index (κ2) is 6.29. The van der Waals surface area contributed by atoms with Crippen LogP contribution in [0.2, 0.25) is 0 Å². The number of fused-ring (bicyclic) bond motifs is 3. The third kappa shape index (κ3) is 2.78. The number of ketones is 1. The summed E-state index contributed by atoms with van der Waals surface area (Å²) in [7, 11) is 0. The third-order valence-electron chi connectivity index (χ3n) is 4.95. The molecule has 0 saturated carbocycles. The number of nitrogens with one attached hydrogen (secondary N) is 1. The minimum absolute atomic E-state index is 0.0977. The Hall–Kier alpha value is -2.33. The van der Waals surface area contributed by atoms with Crippen molar-refractivity contribution < 1.29 is 9.53 Å². The van der Waals surface area contributed by atoms with Gasteiger partial charge in [-0.1, -0.05) is 30.3 Å². The number of rotatable bonds is 2. The van der Waals surface area contributed by atoms with Gasteiger partial charge in [0.05, 0.1) is 12.3 Å². The average Bonchev–Trinajstić information content (AvgIpc) is 2.80. The van der Waals surface area contributed by atoms with E-state index < -0.39 is 0 Å². The summed E-state index contributed by atoms with van der Waals surface area (Å²) in [6, 6.07) is 14.7. The molecule has 1 fully saturated rings. The van der Waals surface area contributed by atoms with E-state index in [4.69, 9.17) is 4.74 Å². The Balaban J connectivity index is 1.71. The second-order valence-electron chi connectivity index (χ2n) is 6.50. The highest BCUT2D eigenvalue weighted by atomic mass is 16.5. The molecule has 0 amide bonds. The molecular formula is C20H22N2O2. The van der Waals surface area contributed by atoms with Crippen LogP contribution in [0.15, 0.2) is 42.5 Å². The van der Waals surface area contributed by atoms with Gasteiger partial charge < -0.3 is 15.0 Å². The van der Waals surface area contributed by atoms with E-state index in [-0.39, 0.29) is 5.78 Å². The van der Waals surface area contributed by atoms with Gasteiger partial charge in [-0.15, -0.1) is 0 Å². The average molecular weight is 322 g/mol. The largest absolute Gasteiger partial charge is 0.491 e. The predicted octanol–water partition coefficient (Wildman–Crippen LogP) is 3.12. The molecule has 2 aromatic carbocycles. The Morgan fingerprint density at radius 2 is 1.96 bits per heavy atom. The van der Waals surface area contributed by atoms with Crippen LogP contribution in [0.1, 0.15) is 23.7 Å². The number of piperazine rings is 1. The number of nitrogens with zero attached hydrogens (tertiary/aromatic N) is 1. The first kappa shape index (κ1) is 15.2. The highest BCUT2D eigenvalue weighted by Crippen LogP contribution is 2.37. The summed E-state index contributed by atoms with van der Waals surface area (Å²) in [4.78, 5) is 13.9. The third-order valence-corrected chi connectivity index (χ3v) is 4.95. The molecule has 1 atom stereocenters. The van der Waals surface area contributed by atoms with Crippen LogP contribution in [0.25, 0.3) is 11.1 Å². The number of carbonyl (C=O) groups is 1. The number of hydrogen-bond acceptors (Lipinski definition) is 4. The van der Waals surface area contributed by atoms with Crippen molar-refractivity contribution in [3.8, 4) is 16.9 Å². The fourth-order valence-corrected chi connectivity index (χ4v) is 3.58. The van der Waals surface area contributed by atoms with Crippen molar-refractivity contribution in [1.29, 1.82) is 0 Å². The molecule has 1 N–H and O–H groups in total. The molecular weight excluding hydrogens is 300 g/mol. The van der Waals surface area contributed by atoms with Gasteiger partial charge in [0.25, 0.3) is 0 Å². The Bertz CT molecular complexity index is 755. The SMILES string of the molecule is CC(=O)c1ccc(-c2ccc3c(c2)N2CCNC[C@@H]2CCO3)cc1. The van der Waals surface area contributed by atoms with Gasteiger partial charge in [-0.3, -0.25) is 4.79 Å². The van der Waals surface area contributed by atoms with Crippen LogP contribution in [0.4, 0.5) is 5.69 Å². The van der Waals surface area contributed by atoms with E-state index >= 15 is 0 Å². The molecule has 124 valence electrons. The zero-order chi connectivity index (χ0) is 16.5. The quantitative estimate of drug-likeness (QED) is 0.863. The second-order valence-corrected chi connectivity index (χ2v) is 6.50. The summed E-state index contributed by atoms with van der Waals surface area (Å²) in [5.41, 5.74) is 4.22. The van der Waals surface area contributed by atoms with E-state index in [9.17, 15) is 4.79 Å². The van der Waals surface area contributed by atoms with Crippen LogP contribution in [0, 0.1) is 0 Å². The van der Waals surface area contributed by atoms with E-state index in [1.807, 2.05) is 24.3 Å². The van der Waals surface area contributed by atoms with Gasteiger partial charge in [0.15, 0.2) is 5.78 Å². The van der Waals surface area contributed by atoms with Crippen LogP contribution < -0.4 is 15.0 Å². The summed E-state index contributed by atoms with van der Waals surface area (Å²) in [5, 5.41) is 3.48. The van der Waals surface area contributed by atoms with Gasteiger partial charge in [-0.05, 0) is 30.2 Å². The first-order valence-corrected chi connectivity index (χ1v) is 8.58. The number of hydrogen-bond donors (Lipinski definition) is 1. The molecule has 2 aliphatic rings. The van der Waals surface area contributed by atoms with Crippen LogP contribution in [-0.2, 0) is 0 Å². The molecule has 1 saturated heterocycles. The van der Waals surface area contributed by atoms with Crippen molar-refractivity contribution in [3.63, 3.8) is 0 Å². The fourth-order valence-electron chi connectivity index (χ4n) is 3.58. The lowest BCUT2D eigenvalue weighted by Crippen LogP contribution is -2.51. The lowest BCUT2D eigenvalue weighted by Gasteiger charge is -2.36. The monoisotopic (exact) mass is 322 g/mol. The van der Waals surface area contributed by atoms with Crippen molar-refractivity contribution in [2.75, 3.05) is 31.1 Å². The minimum atomic E-state index is 0.0977. The molecule has 0 radical (unpaired) electrons. The van der Waals surface area contributed by atoms with Gasteiger partial charge in [-0.25, -0.2) is 0 Å². The Kier molecular flexibility index (Phi) is 3.98. The molecule has 24 heavy (non-hydrogen) atoms. The van der Waals surface area contributed by atoms with Crippen molar-refractivity contribution >= 4 is 11.5 Å². The van der Waals surface area contributed by atoms with Gasteiger partial charge in [0, 0.05) is 37.7 Å². The predicted molar refractivity (Wildman–Crippen MR) is 96.0 cm³/mol. The molecule has 0 aliphatic carbocycles. The standard InChI is InChI=1S/C20H22N2O2/c1-14(23)15-2-4-16(5-3-15)17-6-7-20-19(12-17)22-10-9-21-13-18(22)8-11-24-20/h2-7,12,18,21H,8-11,13H2,1H3/t18-/m0/s1. The number of anilines is 1. The van der Waals surface area contributed by atoms with E-state index in [2.05, 4.69) is 28.4 Å². The van der Waals surface area contributed by atoms with Gasteiger partial charge in [-0.2, -0.15) is 0 Å². The number of ether oxygens (including phenoxy) is 1. The van der Waals surface area contributed by atoms with E-state index in [0.717, 1.165) is 55.1 Å². The normalized spacial score (nSPS) is 19.7. The lowest BCUT2D eigenvalue weighted by molar-refractivity contribution is 0.101. The molecule has 0 bridgehead atoms. The fraction of sp³-hybridized carbons (Fsp3) is 0.350. The number of benzene rings is 2. The van der Waals surface area contributed by atoms with Crippen LogP contribution >= 0.6 is 0 Å². The van der Waals surface area contributed by atoms with Crippen molar-refractivity contribution in [2.45, 2.75) is 19.4 Å². The Morgan fingerprint density at radius 1 is 1.17 bits per heavy atom. The zero-order valence-electron chi connectivity index (χ0n) is 13.9. The first-order chi connectivity index (χ1) is 11.7. The molecule has 0 unspecified atom stereocenters. The molecule has 4 nitrogen and oxygen atoms in total. The van der Waals surface area contributed by atoms with Crippen LogP contribution in [0.3, 0.4) is 0 Å². The first-order valence-electron chi connectivity index (χ1n) is 8.58. The van der Waals surface area contributed by atoms with Crippen LogP contribution in [-0.4, -0.2) is 38.1 Å². The van der Waals surface area contributed by atoms with Gasteiger partial charge in [0.2, 0.25) is 0 Å². The molecule has 0 aromatic heterocycles. The maximum absolute atomic E-state index is 11.5. The smallest absolute Gasteiger partial charge is 0.159 e. The Morgan fingerprint density at radius 3 is 2.75 bits per heavy atom. The molecule has 2 aromatic rings. The molecule has 2 aliphatic heterocycles. The topological polar surface area (TPSA) is 41.6 Å². The maximum Gasteiger partial charge on any atom is 0.159 e. The summed E-state index contributed by atoms with van der Waals surface area (Å²) in [6.45, 7) is 5.39. The van der Waals surface area contributed by atoms with E-state index in [1.54, 1.807) is 6.92 Å². The van der Waals surface area contributed by atoms with Gasteiger partial charge in [0.1, 0.15) is 5.75 Å². The number of Topliss-reactive ketones (excluding diaryl/α,β-unsaturated/α-hetero) is 1. The molecule has 4 heteroatoms. The van der Waals surface area contributed by atoms with Crippen molar-refractivity contribution in [3.05, 3.63) is 48.0 Å². The highest BCUT2D eigenvalue weighted by molar-refractivity contribution is 5.94. The summed E-state index contributed by atoms with van der Waals surface area (Å²) < 4.78 is 5.97. The summed E-state index contributed by atoms with van der Waals surface area (Å²) in [6.07, 6.45) is 1.05. The van der Waals surface area contributed by atoms with E-state index in [0.29, 0.717) is 6.04 Å². The maximum atomic E-state index is 11.5. The Labute approximate surface area is 142 Å². The van der Waals surface area contributed by atoms with Crippen LogP contribution in [0.5, 0.6) is 5.75 Å². The summed E-state index contributed by atoms with van der Waals surface area (Å²) in [5.74, 6) is 1.07. The van der Waals surface area contributed by atoms with E-state index in [1.165, 1.54) is 5.69 Å². The molecule has 2 heterocycles. The number of carbonyl (C=O) groups excluding carboxylic acids is 1. The zero-order valence-corrected chi connectivity index (χ0v) is 13.9. The molecule has 4 rings (SSSR count). The highest BCUT2D eigenvalue weighted by Gasteiger charge is 2.27. The molecule has 0 spiro atoms.